The summed E-state index contributed by atoms with van der Waals surface area (Å²) in [5.74, 6) is 1.34. The van der Waals surface area contributed by atoms with Crippen molar-refractivity contribution in [3.05, 3.63) is 0 Å². The first-order chi connectivity index (χ1) is 7.95. The molecule has 0 bridgehead atoms. The first kappa shape index (κ1) is 13.4. The van der Waals surface area contributed by atoms with Gasteiger partial charge in [-0.1, -0.05) is 26.2 Å². The maximum Gasteiger partial charge on any atom is 0.0725 e. The van der Waals surface area contributed by atoms with Gasteiger partial charge in [-0.05, 0) is 44.9 Å². The molecule has 2 nitrogen and oxygen atoms in total. The fraction of sp³-hybridized carbons (Fsp3) is 1.00. The van der Waals surface area contributed by atoms with Crippen molar-refractivity contribution < 1.29 is 9.84 Å². The average molecular weight is 240 g/mol. The molecule has 2 rings (SSSR count). The van der Waals surface area contributed by atoms with Crippen molar-refractivity contribution in [2.75, 3.05) is 6.61 Å². The minimum Gasteiger partial charge on any atom is -0.389 e. The third kappa shape index (κ3) is 3.03. The van der Waals surface area contributed by atoms with Crippen LogP contribution < -0.4 is 0 Å². The van der Waals surface area contributed by atoms with Crippen LogP contribution in [0.3, 0.4) is 0 Å². The monoisotopic (exact) mass is 240 g/mol. The Morgan fingerprint density at radius 2 is 2.06 bits per heavy atom. The van der Waals surface area contributed by atoms with Crippen LogP contribution in [0.5, 0.6) is 0 Å². The number of ether oxygens (including phenoxy) is 1. The summed E-state index contributed by atoms with van der Waals surface area (Å²) in [6.45, 7) is 7.22. The lowest BCUT2D eigenvalue weighted by Crippen LogP contribution is -2.51. The third-order valence-corrected chi connectivity index (χ3v) is 4.88. The summed E-state index contributed by atoms with van der Waals surface area (Å²) in [5, 5.41) is 11.0. The number of hydrogen-bond acceptors (Lipinski definition) is 2. The summed E-state index contributed by atoms with van der Waals surface area (Å²) >= 11 is 0. The van der Waals surface area contributed by atoms with Gasteiger partial charge in [-0.25, -0.2) is 0 Å². The Hall–Kier alpha value is -0.0800. The van der Waals surface area contributed by atoms with Gasteiger partial charge in [0, 0.05) is 6.42 Å². The molecular weight excluding hydrogens is 212 g/mol. The maximum atomic E-state index is 11.0. The SMILES string of the molecule is CCC1CCCC(C2(O)CCOC(C)(C)C2)C1. The van der Waals surface area contributed by atoms with Crippen molar-refractivity contribution in [3.8, 4) is 0 Å². The molecule has 1 aliphatic heterocycles. The lowest BCUT2D eigenvalue weighted by atomic mass is 9.67. The standard InChI is InChI=1S/C15H28O2/c1-4-12-6-5-7-13(10-12)15(16)8-9-17-14(2,3)11-15/h12-13,16H,4-11H2,1-3H3. The van der Waals surface area contributed by atoms with Crippen LogP contribution in [0.25, 0.3) is 0 Å². The molecule has 0 aromatic heterocycles. The molecule has 1 saturated carbocycles. The van der Waals surface area contributed by atoms with E-state index in [1.165, 1.54) is 32.1 Å². The van der Waals surface area contributed by atoms with Gasteiger partial charge >= 0.3 is 0 Å². The summed E-state index contributed by atoms with van der Waals surface area (Å²) in [7, 11) is 0. The highest BCUT2D eigenvalue weighted by Crippen LogP contribution is 2.44. The van der Waals surface area contributed by atoms with Crippen LogP contribution in [-0.2, 0) is 4.74 Å². The Bertz CT molecular complexity index is 262. The van der Waals surface area contributed by atoms with Crippen molar-refractivity contribution in [2.45, 2.75) is 76.9 Å². The van der Waals surface area contributed by atoms with Crippen LogP contribution in [-0.4, -0.2) is 22.9 Å². The molecule has 1 saturated heterocycles. The molecule has 3 unspecified atom stereocenters. The van der Waals surface area contributed by atoms with E-state index in [0.717, 1.165) is 25.4 Å². The highest BCUT2D eigenvalue weighted by Gasteiger charge is 2.45. The van der Waals surface area contributed by atoms with E-state index in [9.17, 15) is 5.11 Å². The van der Waals surface area contributed by atoms with Crippen LogP contribution in [0.15, 0.2) is 0 Å². The number of hydrogen-bond donors (Lipinski definition) is 1. The number of rotatable bonds is 2. The van der Waals surface area contributed by atoms with E-state index in [4.69, 9.17) is 4.74 Å². The summed E-state index contributed by atoms with van der Waals surface area (Å²) in [5.41, 5.74) is -0.609. The van der Waals surface area contributed by atoms with E-state index >= 15 is 0 Å². The van der Waals surface area contributed by atoms with Gasteiger partial charge < -0.3 is 9.84 Å². The maximum absolute atomic E-state index is 11.0. The second kappa shape index (κ2) is 4.89. The summed E-state index contributed by atoms with van der Waals surface area (Å²) in [6, 6.07) is 0. The molecule has 2 heteroatoms. The first-order valence-corrected chi connectivity index (χ1v) is 7.31. The van der Waals surface area contributed by atoms with Gasteiger partial charge in [0.15, 0.2) is 0 Å². The van der Waals surface area contributed by atoms with E-state index in [0.29, 0.717) is 5.92 Å². The van der Waals surface area contributed by atoms with Crippen molar-refractivity contribution in [1.29, 1.82) is 0 Å². The molecule has 1 N–H and O–H groups in total. The van der Waals surface area contributed by atoms with Gasteiger partial charge in [-0.15, -0.1) is 0 Å². The van der Waals surface area contributed by atoms with E-state index in [-0.39, 0.29) is 5.60 Å². The zero-order valence-electron chi connectivity index (χ0n) is 11.7. The Labute approximate surface area is 106 Å². The van der Waals surface area contributed by atoms with Gasteiger partial charge in [-0.2, -0.15) is 0 Å². The molecule has 0 spiro atoms. The molecule has 0 radical (unpaired) electrons. The van der Waals surface area contributed by atoms with Gasteiger partial charge in [0.05, 0.1) is 17.8 Å². The zero-order chi connectivity index (χ0) is 12.5. The topological polar surface area (TPSA) is 29.5 Å². The quantitative estimate of drug-likeness (QED) is 0.800. The molecule has 0 amide bonds. The van der Waals surface area contributed by atoms with E-state index in [2.05, 4.69) is 20.8 Å². The van der Waals surface area contributed by atoms with Crippen LogP contribution in [0.2, 0.25) is 0 Å². The molecule has 2 aliphatic rings. The summed E-state index contributed by atoms with van der Waals surface area (Å²) < 4.78 is 5.74. The van der Waals surface area contributed by atoms with E-state index < -0.39 is 5.60 Å². The predicted molar refractivity (Wildman–Crippen MR) is 70.0 cm³/mol. The zero-order valence-corrected chi connectivity index (χ0v) is 11.7. The molecule has 100 valence electrons. The molecule has 2 fully saturated rings. The average Bonchev–Trinajstić information content (AvgIpc) is 2.27. The second-order valence-electron chi connectivity index (χ2n) is 6.78. The lowest BCUT2D eigenvalue weighted by Gasteiger charge is -2.48. The molecule has 0 aromatic carbocycles. The predicted octanol–water partition coefficient (Wildman–Crippen LogP) is 3.52. The highest BCUT2D eigenvalue weighted by atomic mass is 16.5. The van der Waals surface area contributed by atoms with Crippen molar-refractivity contribution in [1.82, 2.24) is 0 Å². The largest absolute Gasteiger partial charge is 0.389 e. The third-order valence-electron chi connectivity index (χ3n) is 4.88. The first-order valence-electron chi connectivity index (χ1n) is 7.31. The molecule has 1 heterocycles. The van der Waals surface area contributed by atoms with Crippen LogP contribution >= 0.6 is 0 Å². The smallest absolute Gasteiger partial charge is 0.0725 e. The molecule has 0 aromatic rings. The number of aliphatic hydroxyl groups is 1. The van der Waals surface area contributed by atoms with Gasteiger partial charge in [0.1, 0.15) is 0 Å². The van der Waals surface area contributed by atoms with E-state index in [1.807, 2.05) is 0 Å². The van der Waals surface area contributed by atoms with E-state index in [1.54, 1.807) is 0 Å². The lowest BCUT2D eigenvalue weighted by molar-refractivity contribution is -0.172. The van der Waals surface area contributed by atoms with Crippen molar-refractivity contribution in [2.24, 2.45) is 11.8 Å². The Kier molecular flexibility index (Phi) is 3.84. The fourth-order valence-electron chi connectivity index (χ4n) is 3.88. The minimum absolute atomic E-state index is 0.147. The highest BCUT2D eigenvalue weighted by molar-refractivity contribution is 4.96. The molecule has 1 aliphatic carbocycles. The van der Waals surface area contributed by atoms with Gasteiger partial charge in [-0.3, -0.25) is 0 Å². The van der Waals surface area contributed by atoms with Crippen LogP contribution in [0, 0.1) is 11.8 Å². The summed E-state index contributed by atoms with van der Waals surface area (Å²) in [4.78, 5) is 0. The molecule has 3 atom stereocenters. The summed E-state index contributed by atoms with van der Waals surface area (Å²) in [6.07, 6.45) is 8.01. The van der Waals surface area contributed by atoms with Gasteiger partial charge in [0.25, 0.3) is 0 Å². The Morgan fingerprint density at radius 3 is 2.71 bits per heavy atom. The fourth-order valence-corrected chi connectivity index (χ4v) is 3.88. The Morgan fingerprint density at radius 1 is 1.29 bits per heavy atom. The molecule has 17 heavy (non-hydrogen) atoms. The molecular formula is C15H28O2. The van der Waals surface area contributed by atoms with Crippen molar-refractivity contribution in [3.63, 3.8) is 0 Å². The van der Waals surface area contributed by atoms with Crippen LogP contribution in [0.4, 0.5) is 0 Å². The second-order valence-corrected chi connectivity index (χ2v) is 6.78. The van der Waals surface area contributed by atoms with Crippen LogP contribution in [0.1, 0.15) is 65.7 Å². The normalized spacial score (nSPS) is 42.4. The van der Waals surface area contributed by atoms with Gasteiger partial charge in [0.2, 0.25) is 0 Å². The van der Waals surface area contributed by atoms with Crippen molar-refractivity contribution >= 4 is 0 Å². The minimum atomic E-state index is -0.463. The Balaban J connectivity index is 2.04.